The molecule has 3 aliphatic rings. The van der Waals surface area contributed by atoms with Crippen LogP contribution >= 0.6 is 0 Å². The zero-order chi connectivity index (χ0) is 21.7. The van der Waals surface area contributed by atoms with Crippen molar-refractivity contribution in [3.8, 4) is 0 Å². The van der Waals surface area contributed by atoms with Gasteiger partial charge >= 0.3 is 0 Å². The Kier molecular flexibility index (Phi) is 7.48. The molecule has 3 heterocycles. The van der Waals surface area contributed by atoms with Crippen molar-refractivity contribution in [1.82, 2.24) is 20.0 Å². The number of nitrogens with one attached hydrogen (secondary N) is 1. The van der Waals surface area contributed by atoms with Gasteiger partial charge in [0, 0.05) is 51.5 Å². The number of fused-ring (bicyclic) bond motifs is 1. The summed E-state index contributed by atoms with van der Waals surface area (Å²) in [4.78, 5) is 12.5. The summed E-state index contributed by atoms with van der Waals surface area (Å²) in [6.07, 6.45) is 2.30. The molecule has 1 aromatic carbocycles. The second kappa shape index (κ2) is 10.3. The van der Waals surface area contributed by atoms with Gasteiger partial charge in [-0.2, -0.15) is 0 Å². The summed E-state index contributed by atoms with van der Waals surface area (Å²) < 4.78 is 11.8. The summed E-state index contributed by atoms with van der Waals surface area (Å²) in [5.74, 6) is 1.02. The van der Waals surface area contributed by atoms with E-state index < -0.39 is 0 Å². The standard InChI is InChI=1S/C24H39N5O2/c1-4-25-23(26-19-24(27(2)3)10-13-30-14-11-24)29-17-21-22(18-29)31-15-12-28(21)16-20-8-6-5-7-9-20/h5-9,21-22H,4,10-19H2,1-3H3,(H,25,26). The van der Waals surface area contributed by atoms with Crippen molar-refractivity contribution >= 4 is 5.96 Å². The fraction of sp³-hybridized carbons (Fsp3) is 0.708. The van der Waals surface area contributed by atoms with Gasteiger partial charge in [0.15, 0.2) is 5.96 Å². The third-order valence-electron chi connectivity index (χ3n) is 7.17. The van der Waals surface area contributed by atoms with Crippen LogP contribution < -0.4 is 5.32 Å². The highest BCUT2D eigenvalue weighted by Crippen LogP contribution is 2.28. The molecule has 7 nitrogen and oxygen atoms in total. The predicted octanol–water partition coefficient (Wildman–Crippen LogP) is 1.65. The third kappa shape index (κ3) is 5.22. The lowest BCUT2D eigenvalue weighted by Crippen LogP contribution is -2.52. The van der Waals surface area contributed by atoms with E-state index in [9.17, 15) is 0 Å². The van der Waals surface area contributed by atoms with Crippen LogP contribution in [-0.4, -0.2) is 105 Å². The van der Waals surface area contributed by atoms with Crippen molar-refractivity contribution in [2.75, 3.05) is 66.6 Å². The number of hydrogen-bond acceptors (Lipinski definition) is 5. The van der Waals surface area contributed by atoms with Gasteiger partial charge in [0.2, 0.25) is 0 Å². The fourth-order valence-corrected chi connectivity index (χ4v) is 5.09. The molecule has 1 aromatic rings. The second-order valence-electron chi connectivity index (χ2n) is 9.24. The summed E-state index contributed by atoms with van der Waals surface area (Å²) in [5.41, 5.74) is 1.45. The highest BCUT2D eigenvalue weighted by Gasteiger charge is 2.41. The van der Waals surface area contributed by atoms with Crippen molar-refractivity contribution in [1.29, 1.82) is 0 Å². The first-order chi connectivity index (χ1) is 15.1. The van der Waals surface area contributed by atoms with Gasteiger partial charge in [0.1, 0.15) is 0 Å². The highest BCUT2D eigenvalue weighted by atomic mass is 16.5. The van der Waals surface area contributed by atoms with E-state index in [0.717, 1.165) is 77.9 Å². The van der Waals surface area contributed by atoms with Crippen LogP contribution in [0.4, 0.5) is 0 Å². The molecule has 172 valence electrons. The summed E-state index contributed by atoms with van der Waals surface area (Å²) >= 11 is 0. The van der Waals surface area contributed by atoms with Crippen LogP contribution in [-0.2, 0) is 16.0 Å². The maximum absolute atomic E-state index is 6.19. The number of rotatable bonds is 6. The molecule has 0 bridgehead atoms. The van der Waals surface area contributed by atoms with E-state index in [0.29, 0.717) is 6.04 Å². The van der Waals surface area contributed by atoms with Crippen molar-refractivity contribution < 1.29 is 9.47 Å². The zero-order valence-electron chi connectivity index (χ0n) is 19.4. The molecule has 31 heavy (non-hydrogen) atoms. The molecule has 0 aliphatic carbocycles. The topological polar surface area (TPSA) is 52.6 Å². The average Bonchev–Trinajstić information content (AvgIpc) is 3.23. The maximum Gasteiger partial charge on any atom is 0.194 e. The third-order valence-corrected chi connectivity index (χ3v) is 7.17. The number of guanidine groups is 1. The van der Waals surface area contributed by atoms with Crippen molar-refractivity contribution in [3.63, 3.8) is 0 Å². The summed E-state index contributed by atoms with van der Waals surface area (Å²) in [7, 11) is 4.35. The van der Waals surface area contributed by atoms with Gasteiger partial charge in [-0.25, -0.2) is 0 Å². The molecule has 2 atom stereocenters. The molecule has 0 aromatic heterocycles. The number of aliphatic imine (C=N–C) groups is 1. The Hall–Kier alpha value is -1.67. The Labute approximate surface area is 187 Å². The van der Waals surface area contributed by atoms with Crippen LogP contribution in [0.3, 0.4) is 0 Å². The lowest BCUT2D eigenvalue weighted by atomic mass is 9.89. The van der Waals surface area contributed by atoms with E-state index in [4.69, 9.17) is 14.5 Å². The Morgan fingerprint density at radius 1 is 1.16 bits per heavy atom. The minimum absolute atomic E-state index is 0.0846. The highest BCUT2D eigenvalue weighted by molar-refractivity contribution is 5.80. The number of likely N-dealkylation sites (N-methyl/N-ethyl adjacent to an activating group) is 1. The predicted molar refractivity (Wildman–Crippen MR) is 124 cm³/mol. The number of nitrogens with zero attached hydrogens (tertiary/aromatic N) is 4. The smallest absolute Gasteiger partial charge is 0.194 e. The van der Waals surface area contributed by atoms with E-state index in [-0.39, 0.29) is 11.6 Å². The Morgan fingerprint density at radius 3 is 2.65 bits per heavy atom. The van der Waals surface area contributed by atoms with Crippen molar-refractivity contribution in [3.05, 3.63) is 35.9 Å². The van der Waals surface area contributed by atoms with Crippen LogP contribution in [0.25, 0.3) is 0 Å². The first kappa shape index (κ1) is 22.5. The molecule has 0 radical (unpaired) electrons. The molecular weight excluding hydrogens is 390 g/mol. The largest absolute Gasteiger partial charge is 0.381 e. The lowest BCUT2D eigenvalue weighted by molar-refractivity contribution is -0.0502. The summed E-state index contributed by atoms with van der Waals surface area (Å²) in [6, 6.07) is 11.2. The van der Waals surface area contributed by atoms with E-state index >= 15 is 0 Å². The van der Waals surface area contributed by atoms with Crippen LogP contribution in [0.1, 0.15) is 25.3 Å². The molecule has 0 spiro atoms. The van der Waals surface area contributed by atoms with Gasteiger partial charge in [-0.1, -0.05) is 30.3 Å². The van der Waals surface area contributed by atoms with E-state index in [1.807, 2.05) is 0 Å². The van der Waals surface area contributed by atoms with Gasteiger partial charge in [-0.3, -0.25) is 9.89 Å². The van der Waals surface area contributed by atoms with Crippen LogP contribution in [0.15, 0.2) is 35.3 Å². The molecule has 4 rings (SSSR count). The molecule has 0 saturated carbocycles. The van der Waals surface area contributed by atoms with E-state index in [1.54, 1.807) is 0 Å². The summed E-state index contributed by atoms with van der Waals surface area (Å²) in [5, 5.41) is 3.55. The Morgan fingerprint density at radius 2 is 1.94 bits per heavy atom. The molecular formula is C24H39N5O2. The van der Waals surface area contributed by atoms with Crippen molar-refractivity contribution in [2.45, 2.75) is 44.0 Å². The van der Waals surface area contributed by atoms with Gasteiger partial charge < -0.3 is 24.6 Å². The molecule has 7 heteroatoms. The van der Waals surface area contributed by atoms with Gasteiger partial charge in [0.05, 0.1) is 25.3 Å². The van der Waals surface area contributed by atoms with Gasteiger partial charge in [0.25, 0.3) is 0 Å². The minimum Gasteiger partial charge on any atom is -0.381 e. The Balaban J connectivity index is 1.46. The second-order valence-corrected chi connectivity index (χ2v) is 9.24. The summed E-state index contributed by atoms with van der Waals surface area (Å²) in [6.45, 7) is 10.1. The SMILES string of the molecule is CCNC(=NCC1(N(C)C)CCOCC1)N1CC2OCCN(Cc3ccccc3)C2C1. The van der Waals surface area contributed by atoms with Crippen LogP contribution in [0, 0.1) is 0 Å². The monoisotopic (exact) mass is 429 g/mol. The molecule has 0 amide bonds. The van der Waals surface area contributed by atoms with Gasteiger partial charge in [-0.05, 0) is 39.4 Å². The normalized spacial score (nSPS) is 26.8. The van der Waals surface area contributed by atoms with Crippen LogP contribution in [0.2, 0.25) is 0 Å². The maximum atomic E-state index is 6.19. The zero-order valence-corrected chi connectivity index (χ0v) is 19.4. The lowest BCUT2D eigenvalue weighted by Gasteiger charge is -2.42. The number of benzene rings is 1. The number of likely N-dealkylation sites (tertiary alicyclic amines) is 1. The first-order valence-corrected chi connectivity index (χ1v) is 11.8. The molecule has 1 N–H and O–H groups in total. The molecule has 3 aliphatic heterocycles. The molecule has 2 unspecified atom stereocenters. The first-order valence-electron chi connectivity index (χ1n) is 11.8. The number of ether oxygens (including phenoxy) is 2. The molecule has 3 saturated heterocycles. The van der Waals surface area contributed by atoms with Crippen LogP contribution in [0.5, 0.6) is 0 Å². The van der Waals surface area contributed by atoms with Crippen molar-refractivity contribution in [2.24, 2.45) is 4.99 Å². The average molecular weight is 430 g/mol. The minimum atomic E-state index is 0.0846. The van der Waals surface area contributed by atoms with E-state index in [2.05, 4.69) is 71.4 Å². The fourth-order valence-electron chi connectivity index (χ4n) is 5.09. The quantitative estimate of drug-likeness (QED) is 0.548. The van der Waals surface area contributed by atoms with Gasteiger partial charge in [-0.15, -0.1) is 0 Å². The Bertz CT molecular complexity index is 720. The molecule has 3 fully saturated rings. The van der Waals surface area contributed by atoms with E-state index in [1.165, 1.54) is 5.56 Å². The number of hydrogen-bond donors (Lipinski definition) is 1. The number of morpholine rings is 1.